The largest absolute Gasteiger partial charge is 0.313 e. The zero-order chi connectivity index (χ0) is 12.8. The second-order valence-electron chi connectivity index (χ2n) is 5.04. The van der Waals surface area contributed by atoms with E-state index in [1.165, 1.54) is 38.2 Å². The first-order chi connectivity index (χ1) is 8.75. The lowest BCUT2D eigenvalue weighted by atomic mass is 10.0. The van der Waals surface area contributed by atoms with Crippen molar-refractivity contribution in [1.29, 1.82) is 0 Å². The molecule has 0 heterocycles. The van der Waals surface area contributed by atoms with Crippen LogP contribution in [0.4, 0.5) is 5.69 Å². The summed E-state index contributed by atoms with van der Waals surface area (Å²) in [6, 6.07) is 6.84. The van der Waals surface area contributed by atoms with E-state index in [9.17, 15) is 10.1 Å². The summed E-state index contributed by atoms with van der Waals surface area (Å²) in [5.74, 6) is 0.891. The highest BCUT2D eigenvalue weighted by molar-refractivity contribution is 5.34. The number of rotatable bonds is 6. The Labute approximate surface area is 108 Å². The van der Waals surface area contributed by atoms with Crippen LogP contribution < -0.4 is 5.32 Å². The van der Waals surface area contributed by atoms with Gasteiger partial charge in [-0.05, 0) is 24.4 Å². The van der Waals surface area contributed by atoms with E-state index in [4.69, 9.17) is 0 Å². The molecule has 1 aliphatic carbocycles. The van der Waals surface area contributed by atoms with Crippen LogP contribution in [-0.2, 0) is 6.54 Å². The Balaban J connectivity index is 1.72. The number of nitro benzene ring substituents is 1. The average molecular weight is 248 g/mol. The van der Waals surface area contributed by atoms with Gasteiger partial charge in [0, 0.05) is 18.7 Å². The van der Waals surface area contributed by atoms with E-state index in [1.807, 2.05) is 6.07 Å². The normalized spacial score (nSPS) is 16.0. The number of nitrogens with one attached hydrogen (secondary N) is 1. The predicted molar refractivity (Wildman–Crippen MR) is 71.4 cm³/mol. The van der Waals surface area contributed by atoms with Crippen molar-refractivity contribution in [2.75, 3.05) is 6.54 Å². The fourth-order valence-electron chi connectivity index (χ4n) is 2.62. The first-order valence-electron chi connectivity index (χ1n) is 6.70. The van der Waals surface area contributed by atoms with E-state index in [2.05, 4.69) is 5.32 Å². The minimum atomic E-state index is -0.345. The fraction of sp³-hybridized carbons (Fsp3) is 0.571. The molecule has 0 unspecified atom stereocenters. The molecule has 4 heteroatoms. The monoisotopic (exact) mass is 248 g/mol. The maximum Gasteiger partial charge on any atom is 0.269 e. The number of non-ortho nitro benzene ring substituents is 1. The summed E-state index contributed by atoms with van der Waals surface area (Å²) in [5, 5.41) is 14.0. The molecule has 2 rings (SSSR count). The lowest BCUT2D eigenvalue weighted by molar-refractivity contribution is -0.384. The van der Waals surface area contributed by atoms with Crippen molar-refractivity contribution < 1.29 is 4.92 Å². The molecule has 0 atom stereocenters. The van der Waals surface area contributed by atoms with Crippen LogP contribution in [0, 0.1) is 16.0 Å². The van der Waals surface area contributed by atoms with Gasteiger partial charge in [-0.2, -0.15) is 0 Å². The zero-order valence-electron chi connectivity index (χ0n) is 10.6. The van der Waals surface area contributed by atoms with Crippen molar-refractivity contribution in [3.8, 4) is 0 Å². The molecular weight excluding hydrogens is 228 g/mol. The van der Waals surface area contributed by atoms with Crippen LogP contribution in [0.15, 0.2) is 24.3 Å². The van der Waals surface area contributed by atoms with Gasteiger partial charge in [-0.3, -0.25) is 10.1 Å². The van der Waals surface area contributed by atoms with Gasteiger partial charge in [0.2, 0.25) is 0 Å². The highest BCUT2D eigenvalue weighted by Crippen LogP contribution is 2.26. The van der Waals surface area contributed by atoms with Crippen LogP contribution in [0.1, 0.15) is 37.7 Å². The van der Waals surface area contributed by atoms with Crippen LogP contribution in [0.25, 0.3) is 0 Å². The second kappa shape index (κ2) is 6.50. The highest BCUT2D eigenvalue weighted by Gasteiger charge is 2.13. The molecule has 1 saturated carbocycles. The maximum absolute atomic E-state index is 10.6. The van der Waals surface area contributed by atoms with Gasteiger partial charge in [0.05, 0.1) is 4.92 Å². The predicted octanol–water partition coefficient (Wildman–Crippen LogP) is 3.26. The number of hydrogen-bond donors (Lipinski definition) is 1. The van der Waals surface area contributed by atoms with Crippen molar-refractivity contribution in [3.05, 3.63) is 39.9 Å². The van der Waals surface area contributed by atoms with Gasteiger partial charge in [0.15, 0.2) is 0 Å². The van der Waals surface area contributed by atoms with Gasteiger partial charge in [-0.1, -0.05) is 37.8 Å². The summed E-state index contributed by atoms with van der Waals surface area (Å²) in [4.78, 5) is 10.3. The SMILES string of the molecule is O=[N+]([O-])c1cccc(CNCCC2CCCC2)c1. The van der Waals surface area contributed by atoms with Crippen LogP contribution in [-0.4, -0.2) is 11.5 Å². The van der Waals surface area contributed by atoms with E-state index in [-0.39, 0.29) is 10.6 Å². The third-order valence-electron chi connectivity index (χ3n) is 3.65. The van der Waals surface area contributed by atoms with Gasteiger partial charge in [0.1, 0.15) is 0 Å². The van der Waals surface area contributed by atoms with E-state index in [0.717, 1.165) is 18.0 Å². The molecule has 4 nitrogen and oxygen atoms in total. The summed E-state index contributed by atoms with van der Waals surface area (Å²) in [6.07, 6.45) is 6.75. The summed E-state index contributed by atoms with van der Waals surface area (Å²) < 4.78 is 0. The molecule has 18 heavy (non-hydrogen) atoms. The minimum Gasteiger partial charge on any atom is -0.313 e. The van der Waals surface area contributed by atoms with E-state index < -0.39 is 0 Å². The Morgan fingerprint density at radius 1 is 1.33 bits per heavy atom. The first-order valence-corrected chi connectivity index (χ1v) is 6.70. The molecule has 1 aliphatic rings. The van der Waals surface area contributed by atoms with E-state index in [1.54, 1.807) is 12.1 Å². The molecule has 0 spiro atoms. The van der Waals surface area contributed by atoms with Crippen molar-refractivity contribution in [2.24, 2.45) is 5.92 Å². The third kappa shape index (κ3) is 3.81. The lowest BCUT2D eigenvalue weighted by Gasteiger charge is -2.09. The van der Waals surface area contributed by atoms with Gasteiger partial charge >= 0.3 is 0 Å². The van der Waals surface area contributed by atoms with E-state index >= 15 is 0 Å². The number of benzene rings is 1. The fourth-order valence-corrected chi connectivity index (χ4v) is 2.62. The molecule has 0 bridgehead atoms. The quantitative estimate of drug-likeness (QED) is 0.477. The van der Waals surface area contributed by atoms with Gasteiger partial charge in [-0.15, -0.1) is 0 Å². The van der Waals surface area contributed by atoms with Crippen molar-refractivity contribution in [2.45, 2.75) is 38.6 Å². The van der Waals surface area contributed by atoms with Gasteiger partial charge in [0.25, 0.3) is 5.69 Å². The number of hydrogen-bond acceptors (Lipinski definition) is 3. The van der Waals surface area contributed by atoms with Crippen LogP contribution in [0.5, 0.6) is 0 Å². The smallest absolute Gasteiger partial charge is 0.269 e. The molecule has 1 aromatic rings. The average Bonchev–Trinajstić information content (AvgIpc) is 2.88. The first kappa shape index (κ1) is 13.0. The molecular formula is C14H20N2O2. The van der Waals surface area contributed by atoms with Crippen LogP contribution in [0.3, 0.4) is 0 Å². The molecule has 0 aromatic heterocycles. The summed E-state index contributed by atoms with van der Waals surface area (Å²) in [6.45, 7) is 1.72. The molecule has 0 aliphatic heterocycles. The van der Waals surface area contributed by atoms with Gasteiger partial charge < -0.3 is 5.32 Å². The molecule has 98 valence electrons. The Hall–Kier alpha value is -1.42. The number of nitrogens with zero attached hydrogens (tertiary/aromatic N) is 1. The third-order valence-corrected chi connectivity index (χ3v) is 3.65. The second-order valence-corrected chi connectivity index (χ2v) is 5.04. The maximum atomic E-state index is 10.6. The van der Waals surface area contributed by atoms with Crippen molar-refractivity contribution in [1.82, 2.24) is 5.32 Å². The molecule has 0 radical (unpaired) electrons. The Morgan fingerprint density at radius 2 is 2.11 bits per heavy atom. The molecule has 1 N–H and O–H groups in total. The molecule has 1 fully saturated rings. The standard InChI is InChI=1S/C14H20N2O2/c17-16(18)14-7-3-6-13(10-14)11-15-9-8-12-4-1-2-5-12/h3,6-7,10,12,15H,1-2,4-5,8-9,11H2. The van der Waals surface area contributed by atoms with Crippen LogP contribution >= 0.6 is 0 Å². The summed E-state index contributed by atoms with van der Waals surface area (Å²) in [5.41, 5.74) is 1.15. The summed E-state index contributed by atoms with van der Waals surface area (Å²) in [7, 11) is 0. The van der Waals surface area contributed by atoms with Crippen molar-refractivity contribution in [3.63, 3.8) is 0 Å². The zero-order valence-corrected chi connectivity index (χ0v) is 10.6. The molecule has 0 saturated heterocycles. The van der Waals surface area contributed by atoms with Gasteiger partial charge in [-0.25, -0.2) is 0 Å². The van der Waals surface area contributed by atoms with E-state index in [0.29, 0.717) is 6.54 Å². The minimum absolute atomic E-state index is 0.171. The van der Waals surface area contributed by atoms with Crippen LogP contribution in [0.2, 0.25) is 0 Å². The molecule has 1 aromatic carbocycles. The summed E-state index contributed by atoms with van der Waals surface area (Å²) >= 11 is 0. The Morgan fingerprint density at radius 3 is 2.83 bits per heavy atom. The number of nitro groups is 1. The topological polar surface area (TPSA) is 55.2 Å². The highest BCUT2D eigenvalue weighted by atomic mass is 16.6. The molecule has 0 amide bonds. The van der Waals surface area contributed by atoms with Crippen molar-refractivity contribution >= 4 is 5.69 Å². The Kier molecular flexibility index (Phi) is 4.70. The lowest BCUT2D eigenvalue weighted by Crippen LogP contribution is -2.17. The Bertz CT molecular complexity index is 401.